The zero-order valence-corrected chi connectivity index (χ0v) is 13.8. The molecule has 1 fully saturated rings. The van der Waals surface area contributed by atoms with Crippen LogP contribution in [0.5, 0.6) is 0 Å². The summed E-state index contributed by atoms with van der Waals surface area (Å²) in [5.74, 6) is 0. The van der Waals surface area contributed by atoms with Gasteiger partial charge < -0.3 is 10.5 Å². The number of nitrogens with two attached hydrogens (primary N) is 1. The summed E-state index contributed by atoms with van der Waals surface area (Å²) in [5.41, 5.74) is 9.20. The zero-order chi connectivity index (χ0) is 17.2. The van der Waals surface area contributed by atoms with Crippen molar-refractivity contribution in [3.63, 3.8) is 0 Å². The van der Waals surface area contributed by atoms with Gasteiger partial charge in [0.25, 0.3) is 0 Å². The van der Waals surface area contributed by atoms with Gasteiger partial charge in [-0.05, 0) is 17.2 Å². The average molecular weight is 335 g/mol. The first-order chi connectivity index (χ1) is 12.2. The maximum absolute atomic E-state index is 11.3. The van der Waals surface area contributed by atoms with Gasteiger partial charge in [-0.15, -0.1) is 0 Å². The Morgan fingerprint density at radius 1 is 1.20 bits per heavy atom. The van der Waals surface area contributed by atoms with Crippen LogP contribution in [0.15, 0.2) is 42.7 Å². The van der Waals surface area contributed by atoms with Gasteiger partial charge in [0.05, 0.1) is 13.2 Å². The van der Waals surface area contributed by atoms with Crippen molar-refractivity contribution in [3.8, 4) is 11.1 Å². The second kappa shape index (κ2) is 6.66. The molecule has 2 N–H and O–H groups in total. The molecule has 25 heavy (non-hydrogen) atoms. The van der Waals surface area contributed by atoms with E-state index in [1.54, 1.807) is 6.20 Å². The second-order valence-electron chi connectivity index (χ2n) is 6.16. The summed E-state index contributed by atoms with van der Waals surface area (Å²) in [5, 5.41) is 0.772. The smallest absolute Gasteiger partial charge is 0.324 e. The molecule has 1 saturated heterocycles. The van der Waals surface area contributed by atoms with E-state index in [0.29, 0.717) is 5.65 Å². The molecule has 3 heterocycles. The largest absolute Gasteiger partial charge is 0.379 e. The normalized spacial score (nSPS) is 15.5. The van der Waals surface area contributed by atoms with Crippen molar-refractivity contribution in [3.05, 3.63) is 54.4 Å². The average Bonchev–Trinajstić information content (AvgIpc) is 3.07. The Balaban J connectivity index is 1.55. The number of amides is 1. The van der Waals surface area contributed by atoms with Gasteiger partial charge in [-0.25, -0.2) is 9.78 Å². The lowest BCUT2D eigenvalue weighted by atomic mass is 10.0. The molecule has 0 spiro atoms. The second-order valence-corrected chi connectivity index (χ2v) is 6.16. The monoisotopic (exact) mass is 335 g/mol. The van der Waals surface area contributed by atoms with Crippen molar-refractivity contribution in [2.24, 2.45) is 5.73 Å². The number of carbonyl (C=O) groups is 1. The minimum Gasteiger partial charge on any atom is -0.379 e. The molecule has 0 aliphatic carbocycles. The number of carbonyl (C=O) groups excluding carboxylic acids is 1. The van der Waals surface area contributed by atoms with E-state index in [0.717, 1.165) is 49.4 Å². The molecule has 6 nitrogen and oxygen atoms in total. The van der Waals surface area contributed by atoms with Gasteiger partial charge in [0.2, 0.25) is 0 Å². The van der Waals surface area contributed by atoms with E-state index in [4.69, 9.17) is 10.5 Å². The first-order valence-electron chi connectivity index (χ1n) is 8.29. The molecule has 1 radical (unpaired) electrons. The number of hydrogen-bond donors (Lipinski definition) is 1. The van der Waals surface area contributed by atoms with Crippen molar-refractivity contribution in [2.45, 2.75) is 6.54 Å². The van der Waals surface area contributed by atoms with E-state index in [1.807, 2.05) is 6.07 Å². The van der Waals surface area contributed by atoms with Crippen molar-refractivity contribution >= 4 is 17.1 Å². The third kappa shape index (κ3) is 3.26. The van der Waals surface area contributed by atoms with Gasteiger partial charge in [0.15, 0.2) is 0 Å². The first-order valence-corrected chi connectivity index (χ1v) is 8.29. The van der Waals surface area contributed by atoms with Crippen LogP contribution in [0.4, 0.5) is 4.79 Å². The molecule has 1 aliphatic rings. The van der Waals surface area contributed by atoms with Gasteiger partial charge in [-0.3, -0.25) is 9.47 Å². The topological polar surface area (TPSA) is 73.4 Å². The minimum absolute atomic E-state index is 0.528. The first kappa shape index (κ1) is 15.8. The molecule has 3 aromatic rings. The van der Waals surface area contributed by atoms with E-state index < -0.39 is 6.03 Å². The van der Waals surface area contributed by atoms with Crippen LogP contribution in [0.25, 0.3) is 22.2 Å². The molecule has 0 atom stereocenters. The Labute approximate surface area is 145 Å². The van der Waals surface area contributed by atoms with E-state index in [-0.39, 0.29) is 0 Å². The van der Waals surface area contributed by atoms with E-state index in [2.05, 4.69) is 40.2 Å². The van der Waals surface area contributed by atoms with Crippen molar-refractivity contribution < 1.29 is 9.53 Å². The molecule has 2 aromatic heterocycles. The quantitative estimate of drug-likeness (QED) is 0.797. The predicted octanol–water partition coefficient (Wildman–Crippen LogP) is 2.26. The number of pyridine rings is 1. The summed E-state index contributed by atoms with van der Waals surface area (Å²) in [4.78, 5) is 18.1. The lowest BCUT2D eigenvalue weighted by Gasteiger charge is -2.26. The molecule has 1 amide bonds. The van der Waals surface area contributed by atoms with Crippen LogP contribution in [0.2, 0.25) is 0 Å². The summed E-state index contributed by atoms with van der Waals surface area (Å²) in [7, 11) is 0. The summed E-state index contributed by atoms with van der Waals surface area (Å²) in [6.45, 7) is 4.52. The molecule has 1 aromatic carbocycles. The minimum atomic E-state index is -0.557. The van der Waals surface area contributed by atoms with Gasteiger partial charge in [0, 0.05) is 49.0 Å². The predicted molar refractivity (Wildman–Crippen MR) is 95.1 cm³/mol. The van der Waals surface area contributed by atoms with Crippen LogP contribution in [0.3, 0.4) is 0 Å². The molecular weight excluding hydrogens is 316 g/mol. The van der Waals surface area contributed by atoms with Crippen LogP contribution in [-0.2, 0) is 11.3 Å². The zero-order valence-electron chi connectivity index (χ0n) is 13.8. The van der Waals surface area contributed by atoms with E-state index in [9.17, 15) is 4.79 Å². The molecule has 0 bridgehead atoms. The van der Waals surface area contributed by atoms with Crippen molar-refractivity contribution in [1.82, 2.24) is 14.5 Å². The van der Waals surface area contributed by atoms with Gasteiger partial charge >= 0.3 is 6.03 Å². The Kier molecular flexibility index (Phi) is 4.21. The third-order valence-electron chi connectivity index (χ3n) is 4.48. The Morgan fingerprint density at radius 3 is 2.68 bits per heavy atom. The number of ether oxygens (including phenoxy) is 1. The number of primary amides is 1. The molecular formula is C19H19N4O2. The van der Waals surface area contributed by atoms with E-state index in [1.165, 1.54) is 16.3 Å². The number of morpholine rings is 1. The highest BCUT2D eigenvalue weighted by Gasteiger charge is 2.11. The maximum Gasteiger partial charge on any atom is 0.324 e. The van der Waals surface area contributed by atoms with Gasteiger partial charge in [0.1, 0.15) is 5.65 Å². The van der Waals surface area contributed by atoms with Crippen LogP contribution < -0.4 is 5.73 Å². The lowest BCUT2D eigenvalue weighted by Crippen LogP contribution is -2.35. The lowest BCUT2D eigenvalue weighted by molar-refractivity contribution is 0.0342. The maximum atomic E-state index is 11.3. The SMILES string of the molecule is NC(=O)n1c[c]c2cc(-c3ccc(CN4CCOCC4)cc3)cnc21. The molecule has 0 saturated carbocycles. The summed E-state index contributed by atoms with van der Waals surface area (Å²) < 4.78 is 6.68. The fraction of sp³-hybridized carbons (Fsp3) is 0.263. The highest BCUT2D eigenvalue weighted by Crippen LogP contribution is 2.23. The highest BCUT2D eigenvalue weighted by atomic mass is 16.5. The van der Waals surface area contributed by atoms with Gasteiger partial charge in [-0.1, -0.05) is 24.3 Å². The highest BCUT2D eigenvalue weighted by molar-refractivity contribution is 5.90. The standard InChI is InChI=1S/C19H19N4O2/c20-19(24)23-6-5-16-11-17(12-21-18(16)23)15-3-1-14(2-4-15)13-22-7-9-25-10-8-22/h1-4,6,11-12H,7-10,13H2,(H2,20,24). The van der Waals surface area contributed by atoms with Crippen LogP contribution in [0, 0.1) is 6.07 Å². The molecule has 1 aliphatic heterocycles. The van der Waals surface area contributed by atoms with Crippen molar-refractivity contribution in [1.29, 1.82) is 0 Å². The number of fused-ring (bicyclic) bond motifs is 1. The van der Waals surface area contributed by atoms with Crippen LogP contribution in [-0.4, -0.2) is 46.8 Å². The summed E-state index contributed by atoms with van der Waals surface area (Å²) in [6.07, 6.45) is 3.28. The van der Waals surface area contributed by atoms with Crippen molar-refractivity contribution in [2.75, 3.05) is 26.3 Å². The summed E-state index contributed by atoms with van der Waals surface area (Å²) >= 11 is 0. The number of hydrogen-bond acceptors (Lipinski definition) is 4. The fourth-order valence-electron chi connectivity index (χ4n) is 3.10. The Hall–Kier alpha value is -2.70. The Morgan fingerprint density at radius 2 is 1.96 bits per heavy atom. The fourth-order valence-corrected chi connectivity index (χ4v) is 3.10. The number of nitrogens with zero attached hydrogens (tertiary/aromatic N) is 3. The number of benzene rings is 1. The van der Waals surface area contributed by atoms with Gasteiger partial charge in [-0.2, -0.15) is 0 Å². The number of aromatic nitrogens is 2. The Bertz CT molecular complexity index is 895. The van der Waals surface area contributed by atoms with Crippen LogP contribution >= 0.6 is 0 Å². The molecule has 127 valence electrons. The molecule has 4 rings (SSSR count). The summed E-state index contributed by atoms with van der Waals surface area (Å²) in [6, 6.07) is 12.9. The third-order valence-corrected chi connectivity index (χ3v) is 4.48. The number of rotatable bonds is 3. The molecule has 6 heteroatoms. The molecule has 0 unspecified atom stereocenters. The van der Waals surface area contributed by atoms with E-state index >= 15 is 0 Å². The van der Waals surface area contributed by atoms with Crippen LogP contribution in [0.1, 0.15) is 5.56 Å².